The summed E-state index contributed by atoms with van der Waals surface area (Å²) in [6.45, 7) is 9.13. The molecule has 19 heavy (non-hydrogen) atoms. The average Bonchev–Trinajstić information content (AvgIpc) is 2.38. The molecule has 0 amide bonds. The topological polar surface area (TPSA) is 47.0 Å². The largest absolute Gasteiger partial charge is 0.372 e. The molecule has 0 spiro atoms. The van der Waals surface area contributed by atoms with Crippen LogP contribution >= 0.6 is 22.6 Å². The summed E-state index contributed by atoms with van der Waals surface area (Å²) in [6.07, 6.45) is 2.01. The first-order valence-corrected chi connectivity index (χ1v) is 7.98. The first-order valence-electron chi connectivity index (χ1n) is 6.90. The smallest absolute Gasteiger partial charge is 0.160 e. The molecule has 0 saturated heterocycles. The monoisotopic (exact) mass is 377 g/mol. The van der Waals surface area contributed by atoms with Crippen molar-refractivity contribution in [1.82, 2.24) is 9.97 Å². The van der Waals surface area contributed by atoms with Gasteiger partial charge in [-0.05, 0) is 41.9 Å². The number of hydrogen-bond donors (Lipinski definition) is 1. The van der Waals surface area contributed by atoms with E-state index < -0.39 is 0 Å². The summed E-state index contributed by atoms with van der Waals surface area (Å²) >= 11 is 2.31. The van der Waals surface area contributed by atoms with Gasteiger partial charge in [0.25, 0.3) is 0 Å². The Balaban J connectivity index is 3.21. The fourth-order valence-electron chi connectivity index (χ4n) is 1.95. The molecule has 1 rings (SSSR count). The van der Waals surface area contributed by atoms with E-state index in [1.165, 1.54) is 0 Å². The Hall–Kier alpha value is -0.430. The molecule has 1 N–H and O–H groups in total. The second-order valence-corrected chi connectivity index (χ2v) is 5.89. The van der Waals surface area contributed by atoms with Crippen LogP contribution in [0.2, 0.25) is 0 Å². The van der Waals surface area contributed by atoms with E-state index in [2.05, 4.69) is 53.7 Å². The number of aromatic nitrogens is 2. The number of aryl methyl sites for hydroxylation is 1. The van der Waals surface area contributed by atoms with Gasteiger partial charge in [-0.3, -0.25) is 0 Å². The molecule has 0 aromatic carbocycles. The summed E-state index contributed by atoms with van der Waals surface area (Å²) < 4.78 is 6.92. The van der Waals surface area contributed by atoms with Crippen LogP contribution in [0.5, 0.6) is 0 Å². The highest BCUT2D eigenvalue weighted by Gasteiger charge is 2.22. The minimum atomic E-state index is -0.0373. The lowest BCUT2D eigenvalue weighted by atomic mass is 10.1. The lowest BCUT2D eigenvalue weighted by Gasteiger charge is -2.21. The predicted molar refractivity (Wildman–Crippen MR) is 87.5 cm³/mol. The van der Waals surface area contributed by atoms with Gasteiger partial charge in [-0.1, -0.05) is 27.2 Å². The molecule has 108 valence electrons. The van der Waals surface area contributed by atoms with Crippen LogP contribution in [-0.2, 0) is 11.2 Å². The fraction of sp³-hybridized carbons (Fsp3) is 0.714. The van der Waals surface area contributed by atoms with Crippen LogP contribution < -0.4 is 5.32 Å². The van der Waals surface area contributed by atoms with Crippen molar-refractivity contribution in [3.63, 3.8) is 0 Å². The van der Waals surface area contributed by atoms with Gasteiger partial charge in [-0.25, -0.2) is 9.97 Å². The van der Waals surface area contributed by atoms with Gasteiger partial charge in [0.1, 0.15) is 11.9 Å². The third kappa shape index (κ3) is 4.27. The molecule has 1 aromatic heterocycles. The summed E-state index contributed by atoms with van der Waals surface area (Å²) in [5, 5.41) is 3.16. The summed E-state index contributed by atoms with van der Waals surface area (Å²) in [7, 11) is 1.90. The number of nitrogens with zero attached hydrogens (tertiary/aromatic N) is 2. The highest BCUT2D eigenvalue weighted by Crippen LogP contribution is 2.27. The Morgan fingerprint density at radius 3 is 2.42 bits per heavy atom. The van der Waals surface area contributed by atoms with Gasteiger partial charge in [0, 0.05) is 13.7 Å². The van der Waals surface area contributed by atoms with Crippen LogP contribution in [0.25, 0.3) is 0 Å². The van der Waals surface area contributed by atoms with E-state index in [4.69, 9.17) is 9.72 Å². The van der Waals surface area contributed by atoms with Crippen molar-refractivity contribution in [2.45, 2.75) is 46.6 Å². The highest BCUT2D eigenvalue weighted by molar-refractivity contribution is 14.1. The number of rotatable bonds is 7. The maximum Gasteiger partial charge on any atom is 0.160 e. The number of ether oxygens (including phenoxy) is 1. The van der Waals surface area contributed by atoms with E-state index >= 15 is 0 Å². The summed E-state index contributed by atoms with van der Waals surface area (Å²) in [5.74, 6) is 2.06. The SMILES string of the molecule is CCCc1nc(C(OCC)C(C)C)nc(NC)c1I. The molecule has 1 unspecified atom stereocenters. The molecule has 1 atom stereocenters. The third-order valence-electron chi connectivity index (χ3n) is 2.87. The summed E-state index contributed by atoms with van der Waals surface area (Å²) in [6, 6.07) is 0. The van der Waals surface area contributed by atoms with Crippen molar-refractivity contribution in [2.24, 2.45) is 5.92 Å². The Kier molecular flexibility index (Phi) is 6.99. The molecule has 5 heteroatoms. The zero-order valence-electron chi connectivity index (χ0n) is 12.5. The van der Waals surface area contributed by atoms with Gasteiger partial charge >= 0.3 is 0 Å². The van der Waals surface area contributed by atoms with Gasteiger partial charge in [-0.2, -0.15) is 0 Å². The first-order chi connectivity index (χ1) is 9.04. The molecule has 0 saturated carbocycles. The maximum absolute atomic E-state index is 5.81. The molecule has 1 aromatic rings. The third-order valence-corrected chi connectivity index (χ3v) is 4.00. The van der Waals surface area contributed by atoms with Gasteiger partial charge in [0.2, 0.25) is 0 Å². The Bertz CT molecular complexity index is 410. The van der Waals surface area contributed by atoms with Gasteiger partial charge in [0.05, 0.1) is 9.26 Å². The molecule has 0 aliphatic rings. The maximum atomic E-state index is 5.81. The van der Waals surface area contributed by atoms with Crippen LogP contribution in [0.3, 0.4) is 0 Å². The Morgan fingerprint density at radius 1 is 1.26 bits per heavy atom. The minimum Gasteiger partial charge on any atom is -0.372 e. The second-order valence-electron chi connectivity index (χ2n) is 4.81. The standard InChI is InChI=1S/C14H24IN3O/c1-6-8-10-11(15)13(16-5)18-14(17-10)12(9(3)4)19-7-2/h9,12H,6-8H2,1-5H3,(H,16,17,18). The zero-order chi connectivity index (χ0) is 14.4. The summed E-state index contributed by atoms with van der Waals surface area (Å²) in [4.78, 5) is 9.35. The van der Waals surface area contributed by atoms with Crippen molar-refractivity contribution >= 4 is 28.4 Å². The van der Waals surface area contributed by atoms with Gasteiger partial charge < -0.3 is 10.1 Å². The summed E-state index contributed by atoms with van der Waals surface area (Å²) in [5.41, 5.74) is 1.11. The average molecular weight is 377 g/mol. The number of anilines is 1. The van der Waals surface area contributed by atoms with E-state index in [-0.39, 0.29) is 6.10 Å². The normalized spacial score (nSPS) is 12.8. The molecule has 4 nitrogen and oxygen atoms in total. The van der Waals surface area contributed by atoms with E-state index in [0.29, 0.717) is 12.5 Å². The van der Waals surface area contributed by atoms with E-state index in [1.807, 2.05) is 14.0 Å². The molecule has 1 heterocycles. The van der Waals surface area contributed by atoms with Crippen molar-refractivity contribution in [1.29, 1.82) is 0 Å². The van der Waals surface area contributed by atoms with E-state index in [1.54, 1.807) is 0 Å². The molecule has 0 aliphatic carbocycles. The van der Waals surface area contributed by atoms with Crippen molar-refractivity contribution in [3.05, 3.63) is 15.1 Å². The predicted octanol–water partition coefficient (Wildman–Crippen LogP) is 3.81. The van der Waals surface area contributed by atoms with Crippen LogP contribution in [0.15, 0.2) is 0 Å². The van der Waals surface area contributed by atoms with Gasteiger partial charge in [-0.15, -0.1) is 0 Å². The minimum absolute atomic E-state index is 0.0373. The van der Waals surface area contributed by atoms with Crippen LogP contribution in [-0.4, -0.2) is 23.6 Å². The molecular formula is C14H24IN3O. The fourth-order valence-corrected chi connectivity index (χ4v) is 2.73. The molecule has 0 radical (unpaired) electrons. The quantitative estimate of drug-likeness (QED) is 0.735. The van der Waals surface area contributed by atoms with E-state index in [9.17, 15) is 0 Å². The first kappa shape index (κ1) is 16.6. The lowest BCUT2D eigenvalue weighted by Crippen LogP contribution is -2.17. The van der Waals surface area contributed by atoms with Crippen LogP contribution in [0, 0.1) is 9.49 Å². The van der Waals surface area contributed by atoms with Crippen molar-refractivity contribution < 1.29 is 4.74 Å². The molecular weight excluding hydrogens is 353 g/mol. The highest BCUT2D eigenvalue weighted by atomic mass is 127. The lowest BCUT2D eigenvalue weighted by molar-refractivity contribution is 0.0231. The molecule has 0 fully saturated rings. The second kappa shape index (κ2) is 7.99. The number of halogens is 1. The number of nitrogens with one attached hydrogen (secondary N) is 1. The Labute approximate surface area is 129 Å². The number of hydrogen-bond acceptors (Lipinski definition) is 4. The zero-order valence-corrected chi connectivity index (χ0v) is 14.6. The van der Waals surface area contributed by atoms with E-state index in [0.717, 1.165) is 33.7 Å². The van der Waals surface area contributed by atoms with Crippen molar-refractivity contribution in [3.8, 4) is 0 Å². The van der Waals surface area contributed by atoms with Gasteiger partial charge in [0.15, 0.2) is 5.82 Å². The van der Waals surface area contributed by atoms with Crippen LogP contribution in [0.4, 0.5) is 5.82 Å². The van der Waals surface area contributed by atoms with Crippen LogP contribution in [0.1, 0.15) is 51.7 Å². The Morgan fingerprint density at radius 2 is 1.95 bits per heavy atom. The van der Waals surface area contributed by atoms with Crippen molar-refractivity contribution in [2.75, 3.05) is 19.0 Å². The molecule has 0 aliphatic heterocycles. The molecule has 0 bridgehead atoms.